The van der Waals surface area contributed by atoms with Crippen LogP contribution in [-0.4, -0.2) is 59.5 Å². The second-order valence-corrected chi connectivity index (χ2v) is 4.22. The summed E-state index contributed by atoms with van der Waals surface area (Å²) < 4.78 is 4.76. The number of nitrogens with zero attached hydrogens (tertiary/aromatic N) is 1. The van der Waals surface area contributed by atoms with Gasteiger partial charge in [0.15, 0.2) is 0 Å². The molecule has 0 aromatic rings. The Balaban J connectivity index is 2.22. The van der Waals surface area contributed by atoms with E-state index >= 15 is 0 Å². The number of ether oxygens (including phenoxy) is 1. The molecule has 0 bridgehead atoms. The molecule has 1 heterocycles. The molecule has 0 radical (unpaired) electrons. The molecule has 1 aliphatic heterocycles. The highest BCUT2D eigenvalue weighted by molar-refractivity contribution is 5.69. The predicted octanol–water partition coefficient (Wildman–Crippen LogP) is -0.243. The van der Waals surface area contributed by atoms with Gasteiger partial charge in [0.1, 0.15) is 0 Å². The van der Waals surface area contributed by atoms with Gasteiger partial charge in [0, 0.05) is 13.1 Å². The monoisotopic (exact) mass is 231 g/mol. The largest absolute Gasteiger partial charge is 0.466 e. The van der Waals surface area contributed by atoms with E-state index in [1.807, 2.05) is 4.90 Å². The van der Waals surface area contributed by atoms with E-state index in [4.69, 9.17) is 4.74 Å². The second kappa shape index (κ2) is 6.83. The molecule has 1 saturated heterocycles. The third-order valence-electron chi connectivity index (χ3n) is 2.66. The molecule has 1 fully saturated rings. The Morgan fingerprint density at radius 3 is 3.00 bits per heavy atom. The van der Waals surface area contributed by atoms with Gasteiger partial charge in [-0.25, -0.2) is 0 Å². The standard InChI is InChI=1S/C11H21NO4/c1-2-16-11(15)6-10(14)8-12-5-3-4-9(13)7-12/h9-10,13-14H,2-8H2,1H3. The molecular weight excluding hydrogens is 210 g/mol. The molecule has 2 unspecified atom stereocenters. The molecule has 2 atom stereocenters. The van der Waals surface area contributed by atoms with Gasteiger partial charge in [-0.15, -0.1) is 0 Å². The van der Waals surface area contributed by atoms with Crippen molar-refractivity contribution in [1.82, 2.24) is 4.90 Å². The molecule has 0 saturated carbocycles. The van der Waals surface area contributed by atoms with Crippen LogP contribution >= 0.6 is 0 Å². The third-order valence-corrected chi connectivity index (χ3v) is 2.66. The van der Waals surface area contributed by atoms with Crippen LogP contribution in [0.15, 0.2) is 0 Å². The Bertz CT molecular complexity index is 222. The van der Waals surface area contributed by atoms with Crippen LogP contribution in [0.25, 0.3) is 0 Å². The Morgan fingerprint density at radius 1 is 1.62 bits per heavy atom. The Labute approximate surface area is 96.0 Å². The first kappa shape index (κ1) is 13.4. The summed E-state index contributed by atoms with van der Waals surface area (Å²) in [6.07, 6.45) is 0.783. The molecule has 0 amide bonds. The van der Waals surface area contributed by atoms with Crippen molar-refractivity contribution in [2.45, 2.75) is 38.4 Å². The van der Waals surface area contributed by atoms with E-state index in [0.717, 1.165) is 19.4 Å². The average molecular weight is 231 g/mol. The molecule has 5 nitrogen and oxygen atoms in total. The summed E-state index contributed by atoms with van der Waals surface area (Å²) in [5.41, 5.74) is 0. The summed E-state index contributed by atoms with van der Waals surface area (Å²) in [6, 6.07) is 0. The first-order chi connectivity index (χ1) is 7.61. The van der Waals surface area contributed by atoms with Gasteiger partial charge >= 0.3 is 5.97 Å². The summed E-state index contributed by atoms with van der Waals surface area (Å²) >= 11 is 0. The summed E-state index contributed by atoms with van der Waals surface area (Å²) in [7, 11) is 0. The van der Waals surface area contributed by atoms with Crippen LogP contribution in [0.2, 0.25) is 0 Å². The number of hydrogen-bond acceptors (Lipinski definition) is 5. The average Bonchev–Trinajstić information content (AvgIpc) is 2.17. The van der Waals surface area contributed by atoms with Crippen LogP contribution in [0.3, 0.4) is 0 Å². The van der Waals surface area contributed by atoms with E-state index in [-0.39, 0.29) is 18.5 Å². The highest BCUT2D eigenvalue weighted by atomic mass is 16.5. The van der Waals surface area contributed by atoms with Crippen molar-refractivity contribution in [3.05, 3.63) is 0 Å². The molecule has 0 spiro atoms. The van der Waals surface area contributed by atoms with Gasteiger partial charge in [0.25, 0.3) is 0 Å². The number of aliphatic hydroxyl groups excluding tert-OH is 2. The van der Waals surface area contributed by atoms with Gasteiger partial charge in [-0.1, -0.05) is 0 Å². The predicted molar refractivity (Wildman–Crippen MR) is 58.9 cm³/mol. The molecule has 0 aromatic heterocycles. The van der Waals surface area contributed by atoms with Crippen molar-refractivity contribution in [1.29, 1.82) is 0 Å². The Morgan fingerprint density at radius 2 is 2.38 bits per heavy atom. The highest BCUT2D eigenvalue weighted by Crippen LogP contribution is 2.10. The minimum absolute atomic E-state index is 0.0282. The van der Waals surface area contributed by atoms with E-state index < -0.39 is 6.10 Å². The second-order valence-electron chi connectivity index (χ2n) is 4.22. The van der Waals surface area contributed by atoms with E-state index in [1.54, 1.807) is 6.92 Å². The zero-order valence-corrected chi connectivity index (χ0v) is 9.76. The minimum atomic E-state index is -0.704. The number of hydrogen-bond donors (Lipinski definition) is 2. The molecule has 16 heavy (non-hydrogen) atoms. The van der Waals surface area contributed by atoms with Crippen molar-refractivity contribution in [3.63, 3.8) is 0 Å². The summed E-state index contributed by atoms with van der Waals surface area (Å²) in [5, 5.41) is 19.1. The van der Waals surface area contributed by atoms with Gasteiger partial charge in [0.2, 0.25) is 0 Å². The van der Waals surface area contributed by atoms with Crippen LogP contribution in [0, 0.1) is 0 Å². The molecule has 94 valence electrons. The molecule has 0 aliphatic carbocycles. The van der Waals surface area contributed by atoms with Gasteiger partial charge in [-0.05, 0) is 26.3 Å². The SMILES string of the molecule is CCOC(=O)CC(O)CN1CCCC(O)C1. The first-order valence-electron chi connectivity index (χ1n) is 5.86. The lowest BCUT2D eigenvalue weighted by Gasteiger charge is -2.31. The van der Waals surface area contributed by atoms with Crippen molar-refractivity contribution >= 4 is 5.97 Å². The topological polar surface area (TPSA) is 70.0 Å². The van der Waals surface area contributed by atoms with Crippen molar-refractivity contribution in [2.75, 3.05) is 26.2 Å². The van der Waals surface area contributed by atoms with Gasteiger partial charge in [-0.2, -0.15) is 0 Å². The zero-order valence-electron chi connectivity index (χ0n) is 9.76. The fourth-order valence-electron chi connectivity index (χ4n) is 1.97. The van der Waals surface area contributed by atoms with Crippen LogP contribution in [0.5, 0.6) is 0 Å². The van der Waals surface area contributed by atoms with Crippen molar-refractivity contribution < 1.29 is 19.7 Å². The molecule has 2 N–H and O–H groups in total. The maximum absolute atomic E-state index is 11.1. The first-order valence-corrected chi connectivity index (χ1v) is 5.86. The van der Waals surface area contributed by atoms with Crippen LogP contribution in [0.4, 0.5) is 0 Å². The maximum Gasteiger partial charge on any atom is 0.308 e. The zero-order chi connectivity index (χ0) is 12.0. The number of β-amino-alcohol motifs (C(OH)–C–C–N with tert-alkyl or cyclic N) is 2. The van der Waals surface area contributed by atoms with Crippen molar-refractivity contribution in [2.24, 2.45) is 0 Å². The number of carbonyl (C=O) groups excluding carboxylic acids is 1. The number of aliphatic hydroxyl groups is 2. The molecule has 1 aliphatic rings. The van der Waals surface area contributed by atoms with E-state index in [1.165, 1.54) is 0 Å². The van der Waals surface area contributed by atoms with Crippen molar-refractivity contribution in [3.8, 4) is 0 Å². The van der Waals surface area contributed by atoms with E-state index in [0.29, 0.717) is 19.7 Å². The lowest BCUT2D eigenvalue weighted by atomic mass is 10.1. The Kier molecular flexibility index (Phi) is 5.73. The molecule has 1 rings (SSSR count). The Hall–Kier alpha value is -0.650. The lowest BCUT2D eigenvalue weighted by molar-refractivity contribution is -0.145. The van der Waals surface area contributed by atoms with Gasteiger partial charge < -0.3 is 14.9 Å². The summed E-state index contributed by atoms with van der Waals surface area (Å²) in [4.78, 5) is 13.1. The van der Waals surface area contributed by atoms with Crippen LogP contribution in [0.1, 0.15) is 26.2 Å². The quantitative estimate of drug-likeness (QED) is 0.639. The van der Waals surface area contributed by atoms with Gasteiger partial charge in [0.05, 0.1) is 25.2 Å². The molecule has 5 heteroatoms. The normalized spacial score (nSPS) is 24.1. The smallest absolute Gasteiger partial charge is 0.308 e. The maximum atomic E-state index is 11.1. The number of likely N-dealkylation sites (tertiary alicyclic amines) is 1. The number of esters is 1. The number of rotatable bonds is 5. The lowest BCUT2D eigenvalue weighted by Crippen LogP contribution is -2.42. The summed E-state index contributed by atoms with van der Waals surface area (Å²) in [6.45, 7) is 3.96. The fourth-order valence-corrected chi connectivity index (χ4v) is 1.97. The highest BCUT2D eigenvalue weighted by Gasteiger charge is 2.21. The van der Waals surface area contributed by atoms with E-state index in [9.17, 15) is 15.0 Å². The minimum Gasteiger partial charge on any atom is -0.466 e. The van der Waals surface area contributed by atoms with Gasteiger partial charge in [-0.3, -0.25) is 9.69 Å². The third kappa shape index (κ3) is 4.92. The summed E-state index contributed by atoms with van der Waals surface area (Å²) in [5.74, 6) is -0.368. The number of carbonyl (C=O) groups is 1. The van der Waals surface area contributed by atoms with E-state index in [2.05, 4.69) is 0 Å². The van der Waals surface area contributed by atoms with Crippen LogP contribution < -0.4 is 0 Å². The fraction of sp³-hybridized carbons (Fsp3) is 0.909. The molecular formula is C11H21NO4. The number of piperidine rings is 1. The van der Waals surface area contributed by atoms with Crippen LogP contribution in [-0.2, 0) is 9.53 Å². The molecule has 0 aromatic carbocycles.